The molecule has 2 N–H and O–H groups in total. The van der Waals surface area contributed by atoms with Crippen LogP contribution in [0.2, 0.25) is 0 Å². The van der Waals surface area contributed by atoms with E-state index in [2.05, 4.69) is 15.3 Å². The highest BCUT2D eigenvalue weighted by Gasteiger charge is 2.25. The van der Waals surface area contributed by atoms with Gasteiger partial charge in [0, 0.05) is 28.9 Å². The van der Waals surface area contributed by atoms with E-state index in [0.29, 0.717) is 11.4 Å². The van der Waals surface area contributed by atoms with Gasteiger partial charge in [0.2, 0.25) is 0 Å². The zero-order chi connectivity index (χ0) is 22.5. The Morgan fingerprint density at radius 3 is 2.72 bits per heavy atom. The first-order valence-corrected chi connectivity index (χ1v) is 11.0. The normalized spacial score (nSPS) is 11.8. The SMILES string of the molecule is COC(=O)C(Cc1c[nH]c2ccccc12)NC(=O)c1csc(COc2ccc(C)cc2)n1. The van der Waals surface area contributed by atoms with Gasteiger partial charge in [-0.15, -0.1) is 11.3 Å². The number of rotatable bonds is 8. The summed E-state index contributed by atoms with van der Waals surface area (Å²) in [6.07, 6.45) is 2.14. The summed E-state index contributed by atoms with van der Waals surface area (Å²) in [6, 6.07) is 14.7. The van der Waals surface area contributed by atoms with Crippen molar-refractivity contribution in [3.8, 4) is 5.75 Å². The van der Waals surface area contributed by atoms with E-state index in [1.807, 2.05) is 61.7 Å². The van der Waals surface area contributed by atoms with E-state index in [-0.39, 0.29) is 12.3 Å². The van der Waals surface area contributed by atoms with Crippen molar-refractivity contribution in [2.75, 3.05) is 7.11 Å². The van der Waals surface area contributed by atoms with E-state index in [9.17, 15) is 9.59 Å². The minimum atomic E-state index is -0.833. The molecule has 0 saturated carbocycles. The number of esters is 1. The lowest BCUT2D eigenvalue weighted by molar-refractivity contribution is -0.142. The molecule has 0 bridgehead atoms. The van der Waals surface area contributed by atoms with Gasteiger partial charge in [-0.1, -0.05) is 35.9 Å². The molecule has 0 aliphatic carbocycles. The zero-order valence-electron chi connectivity index (χ0n) is 17.8. The third-order valence-corrected chi connectivity index (χ3v) is 5.88. The number of para-hydroxylation sites is 1. The van der Waals surface area contributed by atoms with Crippen LogP contribution < -0.4 is 10.1 Å². The van der Waals surface area contributed by atoms with Gasteiger partial charge in [-0.05, 0) is 30.7 Å². The number of fused-ring (bicyclic) bond motifs is 1. The highest BCUT2D eigenvalue weighted by Crippen LogP contribution is 2.20. The van der Waals surface area contributed by atoms with Gasteiger partial charge in [-0.25, -0.2) is 9.78 Å². The standard InChI is InChI=1S/C24H23N3O4S/c1-15-7-9-17(10-8-15)31-13-22-26-21(14-32-22)23(28)27-20(24(29)30-2)11-16-12-25-19-6-4-3-5-18(16)19/h3-10,12,14,20,25H,11,13H2,1-2H3,(H,27,28). The minimum absolute atomic E-state index is 0.241. The summed E-state index contributed by atoms with van der Waals surface area (Å²) in [4.78, 5) is 32.6. The number of carbonyl (C=O) groups is 2. The molecular formula is C24H23N3O4S. The third-order valence-electron chi connectivity index (χ3n) is 5.06. The number of thiazole rings is 1. The van der Waals surface area contributed by atoms with E-state index in [4.69, 9.17) is 9.47 Å². The van der Waals surface area contributed by atoms with Gasteiger partial charge in [0.1, 0.15) is 29.1 Å². The van der Waals surface area contributed by atoms with Gasteiger partial charge in [0.05, 0.1) is 7.11 Å². The smallest absolute Gasteiger partial charge is 0.328 e. The van der Waals surface area contributed by atoms with Gasteiger partial charge < -0.3 is 19.8 Å². The van der Waals surface area contributed by atoms with Gasteiger partial charge in [0.15, 0.2) is 0 Å². The second-order valence-corrected chi connectivity index (χ2v) is 8.28. The number of nitrogens with one attached hydrogen (secondary N) is 2. The first kappa shape index (κ1) is 21.6. The van der Waals surface area contributed by atoms with Crippen LogP contribution in [0.3, 0.4) is 0 Å². The Bertz CT molecular complexity index is 1230. The number of amides is 1. The second kappa shape index (κ2) is 9.65. The predicted octanol–water partition coefficient (Wildman–Crippen LogP) is 4.03. The van der Waals surface area contributed by atoms with Crippen molar-refractivity contribution in [2.24, 2.45) is 0 Å². The number of methoxy groups -OCH3 is 1. The van der Waals surface area contributed by atoms with E-state index in [0.717, 1.165) is 27.8 Å². The van der Waals surface area contributed by atoms with E-state index >= 15 is 0 Å². The number of benzene rings is 2. The van der Waals surface area contributed by atoms with Crippen LogP contribution in [-0.2, 0) is 22.6 Å². The maximum absolute atomic E-state index is 12.8. The Morgan fingerprint density at radius 2 is 1.94 bits per heavy atom. The fourth-order valence-corrected chi connectivity index (χ4v) is 4.03. The number of carbonyl (C=O) groups excluding carboxylic acids is 2. The van der Waals surface area contributed by atoms with Crippen LogP contribution in [0.1, 0.15) is 26.6 Å². The molecular weight excluding hydrogens is 426 g/mol. The molecule has 8 heteroatoms. The second-order valence-electron chi connectivity index (χ2n) is 7.34. The van der Waals surface area contributed by atoms with Gasteiger partial charge in [0.25, 0.3) is 5.91 Å². The molecule has 4 rings (SSSR count). The number of hydrogen-bond acceptors (Lipinski definition) is 6. The van der Waals surface area contributed by atoms with Crippen LogP contribution in [0.25, 0.3) is 10.9 Å². The quantitative estimate of drug-likeness (QED) is 0.396. The number of aromatic amines is 1. The summed E-state index contributed by atoms with van der Waals surface area (Å²) in [5.41, 5.74) is 3.28. The Kier molecular flexibility index (Phi) is 6.51. The van der Waals surface area contributed by atoms with Crippen LogP contribution in [0.4, 0.5) is 0 Å². The first-order valence-electron chi connectivity index (χ1n) is 10.1. The number of hydrogen-bond donors (Lipinski definition) is 2. The van der Waals surface area contributed by atoms with Crippen LogP contribution in [0, 0.1) is 6.92 Å². The molecule has 1 amide bonds. The van der Waals surface area contributed by atoms with Crippen LogP contribution in [0.5, 0.6) is 5.75 Å². The average Bonchev–Trinajstić information content (AvgIpc) is 3.45. The van der Waals surface area contributed by atoms with Crippen molar-refractivity contribution in [1.82, 2.24) is 15.3 Å². The van der Waals surface area contributed by atoms with Crippen molar-refractivity contribution < 1.29 is 19.1 Å². The summed E-state index contributed by atoms with van der Waals surface area (Å²) >= 11 is 1.33. The Morgan fingerprint density at radius 1 is 1.16 bits per heavy atom. The lowest BCUT2D eigenvalue weighted by Crippen LogP contribution is -2.43. The maximum atomic E-state index is 12.8. The van der Waals surface area contributed by atoms with Gasteiger partial charge in [-0.2, -0.15) is 0 Å². The van der Waals surface area contributed by atoms with E-state index < -0.39 is 17.9 Å². The molecule has 2 aromatic heterocycles. The molecule has 164 valence electrons. The van der Waals surface area contributed by atoms with Crippen molar-refractivity contribution >= 4 is 34.1 Å². The molecule has 0 spiro atoms. The fourth-order valence-electron chi connectivity index (χ4n) is 3.35. The number of ether oxygens (including phenoxy) is 2. The summed E-state index contributed by atoms with van der Waals surface area (Å²) in [7, 11) is 1.31. The molecule has 0 saturated heterocycles. The first-order chi connectivity index (χ1) is 15.5. The van der Waals surface area contributed by atoms with Crippen molar-refractivity contribution in [1.29, 1.82) is 0 Å². The Hall–Kier alpha value is -3.65. The maximum Gasteiger partial charge on any atom is 0.328 e. The molecule has 0 radical (unpaired) electrons. The van der Waals surface area contributed by atoms with E-state index in [1.165, 1.54) is 18.4 Å². The lowest BCUT2D eigenvalue weighted by atomic mass is 10.0. The molecule has 1 unspecified atom stereocenters. The van der Waals surface area contributed by atoms with Crippen molar-refractivity contribution in [3.05, 3.63) is 81.9 Å². The molecule has 2 aromatic carbocycles. The lowest BCUT2D eigenvalue weighted by Gasteiger charge is -2.15. The number of aryl methyl sites for hydroxylation is 1. The van der Waals surface area contributed by atoms with Crippen molar-refractivity contribution in [3.63, 3.8) is 0 Å². The Labute approximate surface area is 189 Å². The predicted molar refractivity (Wildman–Crippen MR) is 123 cm³/mol. The number of aromatic nitrogens is 2. The van der Waals surface area contributed by atoms with Crippen molar-refractivity contribution in [2.45, 2.75) is 26.0 Å². The van der Waals surface area contributed by atoms with Crippen LogP contribution in [-0.4, -0.2) is 35.0 Å². The van der Waals surface area contributed by atoms with Crippen LogP contribution >= 0.6 is 11.3 Å². The molecule has 0 aliphatic rings. The largest absolute Gasteiger partial charge is 0.486 e. The highest BCUT2D eigenvalue weighted by molar-refractivity contribution is 7.09. The molecule has 32 heavy (non-hydrogen) atoms. The Balaban J connectivity index is 1.42. The summed E-state index contributed by atoms with van der Waals surface area (Å²) in [5.74, 6) is -0.207. The molecule has 0 aliphatic heterocycles. The summed E-state index contributed by atoms with van der Waals surface area (Å²) in [5, 5.41) is 6.08. The van der Waals surface area contributed by atoms with Crippen LogP contribution in [0.15, 0.2) is 60.1 Å². The minimum Gasteiger partial charge on any atom is -0.486 e. The summed E-state index contributed by atoms with van der Waals surface area (Å²) < 4.78 is 10.6. The third kappa shape index (κ3) is 4.97. The van der Waals surface area contributed by atoms with E-state index in [1.54, 1.807) is 5.38 Å². The molecule has 1 atom stereocenters. The molecule has 2 heterocycles. The van der Waals surface area contributed by atoms with Gasteiger partial charge in [-0.3, -0.25) is 4.79 Å². The number of nitrogens with zero attached hydrogens (tertiary/aromatic N) is 1. The zero-order valence-corrected chi connectivity index (χ0v) is 18.6. The molecule has 7 nitrogen and oxygen atoms in total. The van der Waals surface area contributed by atoms with Gasteiger partial charge >= 0.3 is 5.97 Å². The number of H-pyrrole nitrogens is 1. The molecule has 0 fully saturated rings. The summed E-state index contributed by atoms with van der Waals surface area (Å²) in [6.45, 7) is 2.27. The molecule has 4 aromatic rings. The topological polar surface area (TPSA) is 93.3 Å². The average molecular weight is 450 g/mol. The fraction of sp³-hybridized carbons (Fsp3) is 0.208. The highest BCUT2D eigenvalue weighted by atomic mass is 32.1. The monoisotopic (exact) mass is 449 g/mol.